The van der Waals surface area contributed by atoms with Crippen LogP contribution >= 0.6 is 7.82 Å². The third kappa shape index (κ3) is 39.7. The maximum atomic E-state index is 12.6. The number of Topliss-reactive ketones (excluding diaryl/α,β-unsaturated/α-hetero) is 1. The summed E-state index contributed by atoms with van der Waals surface area (Å²) < 4.78 is 32.8. The Morgan fingerprint density at radius 1 is 0.510 bits per heavy atom. The van der Waals surface area contributed by atoms with E-state index in [1.807, 2.05) is 0 Å². The molecule has 0 saturated carbocycles. The summed E-state index contributed by atoms with van der Waals surface area (Å²) in [5.74, 6) is -0.944. The van der Waals surface area contributed by atoms with E-state index < -0.39 is 32.5 Å². The Morgan fingerprint density at radius 2 is 0.882 bits per heavy atom. The summed E-state index contributed by atoms with van der Waals surface area (Å²) in [6.45, 7) is 4.93. The fourth-order valence-electron chi connectivity index (χ4n) is 5.90. The molecule has 0 bridgehead atoms. The van der Waals surface area contributed by atoms with Crippen LogP contribution in [-0.2, 0) is 37.5 Å². The van der Waals surface area contributed by atoms with Crippen molar-refractivity contribution in [3.05, 3.63) is 0 Å². The summed E-state index contributed by atoms with van der Waals surface area (Å²) in [6.07, 6.45) is 31.2. The maximum absolute atomic E-state index is 12.6. The molecule has 0 aromatic heterocycles. The average molecular weight is 750 g/mol. The Hall–Kier alpha value is -1.32. The SMILES string of the molecule is CCCCCCCCCCCCCCCC(=O)OCC(COP(=O)([O-])OCCCC(C)=O)OC(=O)CCCCCCCCCCCCCCC.[NH4+]. The second kappa shape index (κ2) is 38.4. The van der Waals surface area contributed by atoms with Gasteiger partial charge >= 0.3 is 11.9 Å². The van der Waals surface area contributed by atoms with E-state index in [1.54, 1.807) is 0 Å². The largest absolute Gasteiger partial charge is 0.756 e. The Kier molecular flexibility index (Phi) is 39.0. The van der Waals surface area contributed by atoms with Crippen LogP contribution in [0.1, 0.15) is 213 Å². The Labute approximate surface area is 312 Å². The number of quaternary nitrogens is 1. The van der Waals surface area contributed by atoms with Crippen LogP contribution < -0.4 is 11.0 Å². The van der Waals surface area contributed by atoms with Gasteiger partial charge in [0.2, 0.25) is 0 Å². The van der Waals surface area contributed by atoms with Gasteiger partial charge in [0.25, 0.3) is 7.82 Å². The zero-order valence-corrected chi connectivity index (χ0v) is 34.4. The first kappa shape index (κ1) is 51.8. The summed E-state index contributed by atoms with van der Waals surface area (Å²) in [5.41, 5.74) is 0. The molecule has 2 atom stereocenters. The molecule has 10 nitrogen and oxygen atoms in total. The first-order valence-electron chi connectivity index (χ1n) is 20.6. The quantitative estimate of drug-likeness (QED) is 0.0365. The molecule has 0 aromatic rings. The van der Waals surface area contributed by atoms with E-state index in [-0.39, 0.29) is 50.8 Å². The normalized spacial score (nSPS) is 12.9. The summed E-state index contributed by atoms with van der Waals surface area (Å²) >= 11 is 0. The molecule has 0 fully saturated rings. The van der Waals surface area contributed by atoms with E-state index >= 15 is 0 Å². The summed E-state index contributed by atoms with van der Waals surface area (Å²) in [6, 6.07) is 0. The molecule has 0 aliphatic carbocycles. The molecule has 0 heterocycles. The molecule has 0 rings (SSSR count). The van der Waals surface area contributed by atoms with Gasteiger partial charge in [-0.25, -0.2) is 0 Å². The molecule has 304 valence electrons. The van der Waals surface area contributed by atoms with Crippen LogP contribution in [0.5, 0.6) is 0 Å². The fourth-order valence-corrected chi connectivity index (χ4v) is 6.68. The van der Waals surface area contributed by atoms with Crippen LogP contribution in [0, 0.1) is 0 Å². The maximum Gasteiger partial charge on any atom is 0.306 e. The molecule has 0 spiro atoms. The minimum absolute atomic E-state index is 0. The minimum atomic E-state index is -4.69. The van der Waals surface area contributed by atoms with Crippen molar-refractivity contribution in [3.63, 3.8) is 0 Å². The zero-order valence-electron chi connectivity index (χ0n) is 33.5. The summed E-state index contributed by atoms with van der Waals surface area (Å²) in [7, 11) is -4.69. The monoisotopic (exact) mass is 750 g/mol. The third-order valence-corrected chi connectivity index (χ3v) is 10.0. The molecule has 0 radical (unpaired) electrons. The van der Waals surface area contributed by atoms with Crippen molar-refractivity contribution in [1.82, 2.24) is 6.15 Å². The van der Waals surface area contributed by atoms with Gasteiger partial charge in [0.1, 0.15) is 12.4 Å². The highest BCUT2D eigenvalue weighted by molar-refractivity contribution is 7.45. The van der Waals surface area contributed by atoms with Crippen molar-refractivity contribution < 1.29 is 42.4 Å². The van der Waals surface area contributed by atoms with Crippen molar-refractivity contribution in [2.24, 2.45) is 0 Å². The van der Waals surface area contributed by atoms with E-state index in [2.05, 4.69) is 13.8 Å². The number of hydrogen-bond donors (Lipinski definition) is 1. The van der Waals surface area contributed by atoms with Crippen LogP contribution in [0.25, 0.3) is 0 Å². The molecule has 2 unspecified atom stereocenters. The third-order valence-electron chi connectivity index (χ3n) is 9.04. The molecule has 0 saturated heterocycles. The van der Waals surface area contributed by atoms with Gasteiger partial charge < -0.3 is 34.4 Å². The number of phosphoric ester groups is 1. The number of ketones is 1. The number of unbranched alkanes of at least 4 members (excludes halogenated alkanes) is 24. The molecule has 11 heteroatoms. The second-order valence-electron chi connectivity index (χ2n) is 14.2. The van der Waals surface area contributed by atoms with Crippen molar-refractivity contribution >= 4 is 25.5 Å². The zero-order chi connectivity index (χ0) is 37.0. The van der Waals surface area contributed by atoms with Gasteiger partial charge in [0.05, 0.1) is 13.2 Å². The number of ether oxygens (including phenoxy) is 2. The lowest BCUT2D eigenvalue weighted by Crippen LogP contribution is -2.30. The van der Waals surface area contributed by atoms with Crippen molar-refractivity contribution in [3.8, 4) is 0 Å². The number of rotatable bonds is 39. The average Bonchev–Trinajstić information content (AvgIpc) is 3.08. The molecule has 0 amide bonds. The first-order chi connectivity index (χ1) is 24.2. The number of carbonyl (C=O) groups is 3. The van der Waals surface area contributed by atoms with Crippen molar-refractivity contribution in [1.29, 1.82) is 0 Å². The Morgan fingerprint density at radius 3 is 1.27 bits per heavy atom. The lowest BCUT2D eigenvalue weighted by atomic mass is 10.0. The molecule has 4 N–H and O–H groups in total. The smallest absolute Gasteiger partial charge is 0.306 e. The molecular weight excluding hydrogens is 669 g/mol. The van der Waals surface area contributed by atoms with Crippen LogP contribution in [0.4, 0.5) is 0 Å². The predicted molar refractivity (Wildman–Crippen MR) is 207 cm³/mol. The number of hydrogen-bond acceptors (Lipinski definition) is 9. The lowest BCUT2D eigenvalue weighted by molar-refractivity contribution is -0.228. The summed E-state index contributed by atoms with van der Waals surface area (Å²) in [4.78, 5) is 48.3. The number of esters is 2. The Bertz CT molecular complexity index is 858. The van der Waals surface area contributed by atoms with Gasteiger partial charge in [-0.2, -0.15) is 0 Å². The lowest BCUT2D eigenvalue weighted by Gasteiger charge is -2.25. The highest BCUT2D eigenvalue weighted by Gasteiger charge is 2.21. The minimum Gasteiger partial charge on any atom is -0.756 e. The number of carbonyl (C=O) groups excluding carboxylic acids is 3. The second-order valence-corrected chi connectivity index (χ2v) is 15.6. The highest BCUT2D eigenvalue weighted by Crippen LogP contribution is 2.38. The van der Waals surface area contributed by atoms with E-state index in [0.29, 0.717) is 6.42 Å². The van der Waals surface area contributed by atoms with Crippen LogP contribution in [0.3, 0.4) is 0 Å². The van der Waals surface area contributed by atoms with Crippen LogP contribution in [0.15, 0.2) is 0 Å². The van der Waals surface area contributed by atoms with E-state index in [1.165, 1.54) is 129 Å². The summed E-state index contributed by atoms with van der Waals surface area (Å²) in [5, 5.41) is 0. The van der Waals surface area contributed by atoms with Gasteiger partial charge in [-0.15, -0.1) is 0 Å². The first-order valence-corrected chi connectivity index (χ1v) is 22.1. The molecule has 51 heavy (non-hydrogen) atoms. The van der Waals surface area contributed by atoms with E-state index in [0.717, 1.165) is 38.5 Å². The van der Waals surface area contributed by atoms with Crippen molar-refractivity contribution in [2.45, 2.75) is 219 Å². The van der Waals surface area contributed by atoms with Gasteiger partial charge in [0, 0.05) is 19.3 Å². The molecule has 0 aliphatic rings. The predicted octanol–water partition coefficient (Wildman–Crippen LogP) is 11.7. The van der Waals surface area contributed by atoms with E-state index in [4.69, 9.17) is 18.5 Å². The van der Waals surface area contributed by atoms with Gasteiger partial charge in [-0.3, -0.25) is 14.2 Å². The van der Waals surface area contributed by atoms with Gasteiger partial charge in [-0.1, -0.05) is 168 Å². The van der Waals surface area contributed by atoms with Crippen LogP contribution in [-0.4, -0.2) is 43.6 Å². The van der Waals surface area contributed by atoms with Crippen molar-refractivity contribution in [2.75, 3.05) is 19.8 Å². The molecular formula is C40H80NO9P. The number of phosphoric acid groups is 1. The Balaban J connectivity index is 0. The van der Waals surface area contributed by atoms with Gasteiger partial charge in [0.15, 0.2) is 6.10 Å². The molecule has 0 aromatic carbocycles. The topological polar surface area (TPSA) is 165 Å². The highest BCUT2D eigenvalue weighted by atomic mass is 31.2. The molecule has 0 aliphatic heterocycles. The standard InChI is InChI=1S/C40H77O9P.H3N/c1-4-6-8-10-12-14-16-18-20-22-24-26-28-32-39(42)46-35-38(36-48-50(44,45)47-34-30-31-37(3)41)49-40(43)33-29-27-25-23-21-19-17-15-13-11-9-7-5-2;/h38H,4-36H2,1-3H3,(H,44,45);1H3. The van der Waals surface area contributed by atoms with Crippen LogP contribution in [0.2, 0.25) is 0 Å². The van der Waals surface area contributed by atoms with Gasteiger partial charge in [-0.05, 0) is 26.2 Å². The van der Waals surface area contributed by atoms with E-state index in [9.17, 15) is 23.8 Å². The fraction of sp³-hybridized carbons (Fsp3) is 0.925.